The Morgan fingerprint density at radius 2 is 2.13 bits per heavy atom. The molecule has 6 nitrogen and oxygen atoms in total. The second-order valence-corrected chi connectivity index (χ2v) is 6.19. The summed E-state index contributed by atoms with van der Waals surface area (Å²) in [6.07, 6.45) is 0.977. The Labute approximate surface area is 140 Å². The van der Waals surface area contributed by atoms with Gasteiger partial charge in [-0.15, -0.1) is 11.8 Å². The number of benzene rings is 1. The molecular weight excluding hydrogens is 316 g/mol. The van der Waals surface area contributed by atoms with E-state index in [-0.39, 0.29) is 17.9 Å². The Hall–Kier alpha value is -1.73. The van der Waals surface area contributed by atoms with Gasteiger partial charge in [0.05, 0.1) is 19.8 Å². The standard InChI is InChI=1S/C16H22N2O4S/c1-21-15(19)3-2-8-22-13-6-4-12(5-7-13)9-17-16(20)14-10-23-11-18-14/h4-7,14,18H,2-3,8-11H2,1H3,(H,17,20). The van der Waals surface area contributed by atoms with Gasteiger partial charge in [-0.1, -0.05) is 12.1 Å². The highest BCUT2D eigenvalue weighted by molar-refractivity contribution is 7.99. The van der Waals surface area contributed by atoms with Crippen molar-refractivity contribution in [1.82, 2.24) is 10.6 Å². The molecule has 1 aliphatic rings. The highest BCUT2D eigenvalue weighted by Gasteiger charge is 2.21. The second-order valence-electron chi connectivity index (χ2n) is 5.16. The van der Waals surface area contributed by atoms with Gasteiger partial charge in [-0.3, -0.25) is 14.9 Å². The number of carbonyl (C=O) groups is 2. The van der Waals surface area contributed by atoms with Crippen molar-refractivity contribution in [2.45, 2.75) is 25.4 Å². The second kappa shape index (κ2) is 9.42. The van der Waals surface area contributed by atoms with Gasteiger partial charge in [-0.05, 0) is 24.1 Å². The van der Waals surface area contributed by atoms with Crippen LogP contribution in [0.5, 0.6) is 5.75 Å². The van der Waals surface area contributed by atoms with Crippen LogP contribution < -0.4 is 15.4 Å². The fourth-order valence-electron chi connectivity index (χ4n) is 2.09. The third kappa shape index (κ3) is 6.11. The van der Waals surface area contributed by atoms with Crippen LogP contribution >= 0.6 is 11.8 Å². The van der Waals surface area contributed by atoms with Crippen molar-refractivity contribution in [3.63, 3.8) is 0 Å². The van der Waals surface area contributed by atoms with E-state index >= 15 is 0 Å². The van der Waals surface area contributed by atoms with Crippen molar-refractivity contribution in [1.29, 1.82) is 0 Å². The van der Waals surface area contributed by atoms with Crippen molar-refractivity contribution in [2.75, 3.05) is 25.3 Å². The van der Waals surface area contributed by atoms with Gasteiger partial charge < -0.3 is 14.8 Å². The van der Waals surface area contributed by atoms with Crippen molar-refractivity contribution in [3.05, 3.63) is 29.8 Å². The minimum atomic E-state index is -0.227. The number of hydrogen-bond acceptors (Lipinski definition) is 6. The number of carbonyl (C=O) groups excluding carboxylic acids is 2. The van der Waals surface area contributed by atoms with Gasteiger partial charge in [0.25, 0.3) is 0 Å². The smallest absolute Gasteiger partial charge is 0.305 e. The Kier molecular flexibility index (Phi) is 7.22. The highest BCUT2D eigenvalue weighted by atomic mass is 32.2. The summed E-state index contributed by atoms with van der Waals surface area (Å²) in [5, 5.41) is 6.07. The molecule has 1 unspecified atom stereocenters. The molecule has 1 atom stereocenters. The number of esters is 1. The number of nitrogens with one attached hydrogen (secondary N) is 2. The number of methoxy groups -OCH3 is 1. The number of amides is 1. The molecule has 0 bridgehead atoms. The minimum Gasteiger partial charge on any atom is -0.494 e. The Morgan fingerprint density at radius 1 is 1.35 bits per heavy atom. The quantitative estimate of drug-likeness (QED) is 0.550. The maximum Gasteiger partial charge on any atom is 0.305 e. The van der Waals surface area contributed by atoms with Crippen LogP contribution in [0.2, 0.25) is 0 Å². The van der Waals surface area contributed by atoms with Crippen molar-refractivity contribution < 1.29 is 19.1 Å². The van der Waals surface area contributed by atoms with Crippen LogP contribution in [0, 0.1) is 0 Å². The predicted octanol–water partition coefficient (Wildman–Crippen LogP) is 1.30. The van der Waals surface area contributed by atoms with Gasteiger partial charge in [0, 0.05) is 24.6 Å². The molecule has 0 spiro atoms. The molecule has 23 heavy (non-hydrogen) atoms. The lowest BCUT2D eigenvalue weighted by Crippen LogP contribution is -2.41. The summed E-state index contributed by atoms with van der Waals surface area (Å²) in [5.74, 6) is 2.22. The van der Waals surface area contributed by atoms with Crippen LogP contribution in [0.4, 0.5) is 0 Å². The summed E-state index contributed by atoms with van der Waals surface area (Å²) < 4.78 is 10.1. The van der Waals surface area contributed by atoms with Crippen molar-refractivity contribution in [3.8, 4) is 5.75 Å². The molecule has 0 aromatic heterocycles. The van der Waals surface area contributed by atoms with E-state index in [9.17, 15) is 9.59 Å². The lowest BCUT2D eigenvalue weighted by atomic mass is 10.2. The average Bonchev–Trinajstić information content (AvgIpc) is 3.12. The predicted molar refractivity (Wildman–Crippen MR) is 89.3 cm³/mol. The van der Waals surface area contributed by atoms with Crippen molar-refractivity contribution in [2.24, 2.45) is 0 Å². The molecule has 1 amide bonds. The fraction of sp³-hybridized carbons (Fsp3) is 0.500. The van der Waals surface area contributed by atoms with E-state index in [1.54, 1.807) is 11.8 Å². The third-order valence-corrected chi connectivity index (χ3v) is 4.38. The molecule has 0 radical (unpaired) electrons. The first-order chi connectivity index (χ1) is 11.2. The SMILES string of the molecule is COC(=O)CCCOc1ccc(CNC(=O)C2CSCN2)cc1. The molecule has 1 heterocycles. The normalized spacial score (nSPS) is 16.8. The van der Waals surface area contributed by atoms with Crippen LogP contribution in [-0.2, 0) is 20.9 Å². The van der Waals surface area contributed by atoms with Crippen LogP contribution in [-0.4, -0.2) is 43.3 Å². The fourth-order valence-corrected chi connectivity index (χ4v) is 3.03. The largest absolute Gasteiger partial charge is 0.494 e. The number of rotatable bonds is 8. The molecule has 7 heteroatoms. The first kappa shape index (κ1) is 17.6. The zero-order chi connectivity index (χ0) is 16.5. The number of ether oxygens (including phenoxy) is 2. The number of hydrogen-bond donors (Lipinski definition) is 2. The van der Waals surface area contributed by atoms with E-state index in [0.717, 1.165) is 22.9 Å². The average molecular weight is 338 g/mol. The highest BCUT2D eigenvalue weighted by Crippen LogP contribution is 2.13. The Balaban J connectivity index is 1.67. The first-order valence-electron chi connectivity index (χ1n) is 7.56. The summed E-state index contributed by atoms with van der Waals surface area (Å²) in [6.45, 7) is 0.973. The van der Waals surface area contributed by atoms with E-state index < -0.39 is 0 Å². The summed E-state index contributed by atoms with van der Waals surface area (Å²) in [6, 6.07) is 7.49. The summed E-state index contributed by atoms with van der Waals surface area (Å²) in [7, 11) is 1.38. The van der Waals surface area contributed by atoms with E-state index in [1.165, 1.54) is 7.11 Å². The molecule has 2 rings (SSSR count). The van der Waals surface area contributed by atoms with Gasteiger partial charge in [0.1, 0.15) is 5.75 Å². The Bertz CT molecular complexity index is 515. The van der Waals surface area contributed by atoms with Crippen molar-refractivity contribution >= 4 is 23.6 Å². The number of thioether (sulfide) groups is 1. The molecular formula is C16H22N2O4S. The summed E-state index contributed by atoms with van der Waals surface area (Å²) in [5.41, 5.74) is 1.02. The molecule has 2 N–H and O–H groups in total. The summed E-state index contributed by atoms with van der Waals surface area (Å²) >= 11 is 1.73. The van der Waals surface area contributed by atoms with Gasteiger partial charge in [0.2, 0.25) is 5.91 Å². The zero-order valence-corrected chi connectivity index (χ0v) is 14.0. The minimum absolute atomic E-state index is 0.0399. The lowest BCUT2D eigenvalue weighted by molar-refractivity contribution is -0.140. The lowest BCUT2D eigenvalue weighted by Gasteiger charge is -2.11. The topological polar surface area (TPSA) is 76.7 Å². The summed E-state index contributed by atoms with van der Waals surface area (Å²) in [4.78, 5) is 22.9. The van der Waals surface area contributed by atoms with E-state index in [1.807, 2.05) is 24.3 Å². The molecule has 1 fully saturated rings. The molecule has 1 aromatic carbocycles. The van der Waals surface area contributed by atoms with E-state index in [0.29, 0.717) is 26.0 Å². The molecule has 1 saturated heterocycles. The third-order valence-electron chi connectivity index (χ3n) is 3.44. The van der Waals surface area contributed by atoms with Crippen LogP contribution in [0.1, 0.15) is 18.4 Å². The maximum absolute atomic E-state index is 11.9. The molecule has 126 valence electrons. The van der Waals surface area contributed by atoms with Gasteiger partial charge in [-0.25, -0.2) is 0 Å². The van der Waals surface area contributed by atoms with Crippen LogP contribution in [0.15, 0.2) is 24.3 Å². The molecule has 0 aliphatic carbocycles. The van der Waals surface area contributed by atoms with E-state index in [4.69, 9.17) is 4.74 Å². The Morgan fingerprint density at radius 3 is 2.78 bits per heavy atom. The monoisotopic (exact) mass is 338 g/mol. The molecule has 1 aliphatic heterocycles. The van der Waals surface area contributed by atoms with Gasteiger partial charge in [-0.2, -0.15) is 0 Å². The van der Waals surface area contributed by atoms with Gasteiger partial charge in [0.15, 0.2) is 0 Å². The van der Waals surface area contributed by atoms with Crippen LogP contribution in [0.25, 0.3) is 0 Å². The zero-order valence-electron chi connectivity index (χ0n) is 13.2. The maximum atomic E-state index is 11.9. The van der Waals surface area contributed by atoms with Gasteiger partial charge >= 0.3 is 5.97 Å². The first-order valence-corrected chi connectivity index (χ1v) is 8.72. The molecule has 1 aromatic rings. The van der Waals surface area contributed by atoms with Crippen LogP contribution in [0.3, 0.4) is 0 Å². The molecule has 0 saturated carbocycles. The van der Waals surface area contributed by atoms with E-state index in [2.05, 4.69) is 15.4 Å².